The van der Waals surface area contributed by atoms with Gasteiger partial charge in [0.15, 0.2) is 39.3 Å². The molecule has 4 atom stereocenters. The zero-order valence-electron chi connectivity index (χ0n) is 70.9. The van der Waals surface area contributed by atoms with E-state index in [0.717, 1.165) is 193 Å². The quantitative estimate of drug-likeness (QED) is 0.101. The minimum atomic E-state index is -5.08. The fourth-order valence-corrected chi connectivity index (χ4v) is 21.8. The van der Waals surface area contributed by atoms with E-state index >= 15 is 0 Å². The van der Waals surface area contributed by atoms with Crippen LogP contribution in [-0.2, 0) is 48.9 Å². The predicted molar refractivity (Wildman–Crippen MR) is 483 cm³/mol. The summed E-state index contributed by atoms with van der Waals surface area (Å²) in [7, 11) is -12.8. The second-order valence-electron chi connectivity index (χ2n) is 33.0. The highest BCUT2D eigenvalue weighted by Crippen LogP contribution is 2.52. The van der Waals surface area contributed by atoms with E-state index in [-0.39, 0.29) is 54.9 Å². The Bertz CT molecular complexity index is 6220. The summed E-state index contributed by atoms with van der Waals surface area (Å²) in [5, 5.41) is 17.6. The molecule has 4 fully saturated rings. The Hall–Kier alpha value is -11.5. The van der Waals surface area contributed by atoms with Gasteiger partial charge < -0.3 is 48.5 Å². The van der Waals surface area contributed by atoms with Gasteiger partial charge in [0.25, 0.3) is 0 Å². The first kappa shape index (κ1) is 98.0. The van der Waals surface area contributed by atoms with Gasteiger partial charge in [-0.15, -0.1) is 0 Å². The van der Waals surface area contributed by atoms with Gasteiger partial charge in [0, 0.05) is 130 Å². The Morgan fingerprint density at radius 2 is 0.576 bits per heavy atom. The number of hydrogen-bond donors (Lipinski definition) is 3. The van der Waals surface area contributed by atoms with Crippen LogP contribution in [0, 0.1) is 46.9 Å². The molecule has 24 nitrogen and oxygen atoms in total. The van der Waals surface area contributed by atoms with E-state index in [1.54, 1.807) is 128 Å². The Kier molecular flexibility index (Phi) is 29.8. The molecule has 0 saturated carbocycles. The molecule has 8 aliphatic heterocycles. The van der Waals surface area contributed by atoms with Crippen LogP contribution in [0.4, 0.5) is 61.0 Å². The summed E-state index contributed by atoms with van der Waals surface area (Å²) in [6.45, 7) is 6.89. The van der Waals surface area contributed by atoms with Gasteiger partial charge >= 0.3 is 24.3 Å². The number of aliphatic carboxylic acids is 2. The van der Waals surface area contributed by atoms with Crippen molar-refractivity contribution in [1.29, 1.82) is 0 Å². The fraction of sp³-hybridized carbons (Fsp3) is 0.333. The lowest BCUT2D eigenvalue weighted by Crippen LogP contribution is -2.36. The van der Waals surface area contributed by atoms with Crippen LogP contribution in [0.1, 0.15) is 105 Å². The number of aromatic nitrogens is 8. The third-order valence-corrected chi connectivity index (χ3v) is 29.6. The van der Waals surface area contributed by atoms with Crippen LogP contribution in [0.25, 0.3) is 45.0 Å². The van der Waals surface area contributed by atoms with E-state index in [4.69, 9.17) is 19.8 Å². The van der Waals surface area contributed by atoms with Crippen LogP contribution in [-0.4, -0.2) is 184 Å². The maximum Gasteiger partial charge on any atom is 0.490 e. The van der Waals surface area contributed by atoms with E-state index < -0.39 is 63.6 Å². The topological polar surface area (TPSA) is 304 Å². The molecule has 20 rings (SSSR count). The van der Waals surface area contributed by atoms with Crippen LogP contribution in [0.3, 0.4) is 0 Å². The highest BCUT2D eigenvalue weighted by Gasteiger charge is 2.44. The minimum absolute atomic E-state index is 0. The number of alkyl halides is 6. The van der Waals surface area contributed by atoms with Crippen molar-refractivity contribution in [3.63, 3.8) is 0 Å². The number of nitrogens with zero attached hydrogens (tertiary/aromatic N) is 11. The van der Waals surface area contributed by atoms with Gasteiger partial charge in [0.05, 0.1) is 117 Å². The van der Waals surface area contributed by atoms with Gasteiger partial charge in [-0.1, -0.05) is 96.2 Å². The highest BCUT2D eigenvalue weighted by atomic mass is 79.9. The summed E-state index contributed by atoms with van der Waals surface area (Å²) >= 11 is 3.19. The highest BCUT2D eigenvalue weighted by molar-refractivity contribution is 9.10. The lowest BCUT2D eigenvalue weighted by molar-refractivity contribution is -0.193. The monoisotopic (exact) mass is 1970 g/mol. The molecule has 0 spiro atoms. The minimum Gasteiger partial charge on any atom is -0.475 e. The van der Waals surface area contributed by atoms with Gasteiger partial charge in [0.1, 0.15) is 23.3 Å². The SMILES string of the molecule is C.CS(=O)(=O)c1cccc(Br)c1.CS(=O)(=O)c1cccc(N2CCC(C3c4c(F)cccc4-c4cncn43)CC2)c1.CS(=O)(=O)c1cccc(N2CCC(C3c4c(F)cccc4-c4cncn43)CC2)c1.CS(=O)(=O)c1cccc(N2CCC(C3c4c(F)cccc4-c4cncn43)CC2)c1.Fc1cccc2c1C(C1CCNCC1)n1cncc1-2.O=C(O)C(F)(F)F.O=C(O)C(F)(F)F. The Morgan fingerprint density at radius 1 is 0.356 bits per heavy atom. The molecule has 8 aromatic carbocycles. The van der Waals surface area contributed by atoms with Crippen molar-refractivity contribution < 1.29 is 97.4 Å². The second kappa shape index (κ2) is 40.1. The van der Waals surface area contributed by atoms with Crippen molar-refractivity contribution in [2.24, 2.45) is 23.7 Å². The van der Waals surface area contributed by atoms with Crippen LogP contribution in [0.2, 0.25) is 0 Å². The van der Waals surface area contributed by atoms with E-state index in [2.05, 4.69) is 74.2 Å². The molecular weight excluding hydrogens is 1880 g/mol. The van der Waals surface area contributed by atoms with Crippen molar-refractivity contribution >= 4 is 84.3 Å². The number of rotatable bonds is 11. The van der Waals surface area contributed by atoms with Crippen molar-refractivity contribution in [3.05, 3.63) is 270 Å². The number of imidazole rings is 4. The first-order valence-electron chi connectivity index (χ1n) is 41.7. The number of carboxylic acid groups (broad SMARTS) is 2. The number of halogens is 11. The predicted octanol–water partition coefficient (Wildman–Crippen LogP) is 18.1. The number of piperidine rings is 4. The molecule has 3 N–H and O–H groups in total. The number of carbonyl (C=O) groups is 2. The summed E-state index contributed by atoms with van der Waals surface area (Å²) in [5.41, 5.74) is 13.8. The molecule has 4 aromatic heterocycles. The fourth-order valence-electron chi connectivity index (χ4n) is 18.6. The van der Waals surface area contributed by atoms with E-state index in [9.17, 15) is 77.6 Å². The Morgan fingerprint density at radius 3 is 0.795 bits per heavy atom. The zero-order valence-corrected chi connectivity index (χ0v) is 75.8. The summed E-state index contributed by atoms with van der Waals surface area (Å²) in [5.74, 6) is -4.66. The molecule has 0 radical (unpaired) electrons. The summed E-state index contributed by atoms with van der Waals surface area (Å²) in [4.78, 5) is 42.9. The van der Waals surface area contributed by atoms with Crippen molar-refractivity contribution in [2.75, 3.05) is 92.1 Å². The molecule has 0 aliphatic carbocycles. The standard InChI is InChI=1S/3C22H22FN3O2S.C15H16FN3.C7H7BrO2S.2C2HF3O2.CH4/c3*1-29(27,28)17-5-2-4-16(12-17)25-10-8-15(9-11-25)22-21-18(6-3-7-19(21)23)20-13-24-14-26(20)22;16-12-3-1-2-11-13-8-18-9-19(13)15(14(11)12)10-4-6-17-7-5-10;1-11(9,10)7-4-2-3-6(8)5-7;2*3-2(4,5)1(6)7;/h3*2-7,12-15,22H,8-11H2,1H3;1-3,8-10,15,17H,4-7H2;2-5H,1H3;2*(H,6,7);1H4. The summed E-state index contributed by atoms with van der Waals surface area (Å²) < 4.78 is 224. The normalized spacial score (nSPS) is 18.0. The number of fused-ring (bicyclic) bond motifs is 12. The van der Waals surface area contributed by atoms with Gasteiger partial charge in [0.2, 0.25) is 0 Å². The molecule has 132 heavy (non-hydrogen) atoms. The molecule has 39 heteroatoms. The van der Waals surface area contributed by atoms with Gasteiger partial charge in [-0.2, -0.15) is 26.3 Å². The lowest BCUT2D eigenvalue weighted by Gasteiger charge is -2.37. The number of carboxylic acids is 2. The third-order valence-electron chi connectivity index (χ3n) is 24.7. The molecular formula is C93H95BrF10N12O12S4. The third kappa shape index (κ3) is 21.7. The molecule has 0 amide bonds. The molecule has 8 aliphatic rings. The maximum atomic E-state index is 14.7. The number of anilines is 3. The Balaban J connectivity index is 0.000000138. The number of nitrogens with one attached hydrogen (secondary N) is 1. The molecule has 12 aromatic rings. The average Bonchev–Trinajstić information content (AvgIpc) is 1.60. The molecule has 700 valence electrons. The molecule has 0 bridgehead atoms. The van der Waals surface area contributed by atoms with Gasteiger partial charge in [-0.25, -0.2) is 80.8 Å². The first-order chi connectivity index (χ1) is 62.0. The van der Waals surface area contributed by atoms with Crippen LogP contribution in [0.15, 0.2) is 244 Å². The second-order valence-corrected chi connectivity index (χ2v) is 42.0. The smallest absolute Gasteiger partial charge is 0.475 e. The zero-order chi connectivity index (χ0) is 94.0. The number of benzene rings is 8. The van der Waals surface area contributed by atoms with E-state index in [0.29, 0.717) is 43.3 Å². The average molecular weight is 1970 g/mol. The van der Waals surface area contributed by atoms with Crippen LogP contribution < -0.4 is 20.0 Å². The van der Waals surface area contributed by atoms with Crippen molar-refractivity contribution in [2.45, 2.75) is 115 Å². The van der Waals surface area contributed by atoms with Crippen molar-refractivity contribution in [1.82, 2.24) is 43.5 Å². The first-order valence-corrected chi connectivity index (χ1v) is 50.0. The summed E-state index contributed by atoms with van der Waals surface area (Å²) in [6.07, 6.45) is 16.9. The lowest BCUT2D eigenvalue weighted by atomic mass is 9.85. The van der Waals surface area contributed by atoms with Gasteiger partial charge in [-0.05, 0) is 185 Å². The number of sulfone groups is 4. The molecule has 4 saturated heterocycles. The van der Waals surface area contributed by atoms with Crippen LogP contribution >= 0.6 is 15.9 Å². The Labute approximate surface area is 765 Å². The summed E-state index contributed by atoms with van der Waals surface area (Å²) in [6, 6.07) is 49.2. The molecule has 12 heterocycles. The van der Waals surface area contributed by atoms with Crippen molar-refractivity contribution in [3.8, 4) is 45.0 Å². The maximum absolute atomic E-state index is 14.7. The van der Waals surface area contributed by atoms with Crippen LogP contribution in [0.5, 0.6) is 0 Å². The molecule has 4 unspecified atom stereocenters. The van der Waals surface area contributed by atoms with E-state index in [1.165, 1.54) is 43.2 Å². The van der Waals surface area contributed by atoms with E-state index in [1.807, 2.05) is 73.6 Å². The van der Waals surface area contributed by atoms with Gasteiger partial charge in [-0.3, -0.25) is 0 Å². The number of hydrogen-bond acceptors (Lipinski definition) is 18. The largest absolute Gasteiger partial charge is 0.490 e.